The lowest BCUT2D eigenvalue weighted by atomic mass is 10.2. The number of aromatic nitrogens is 3. The minimum absolute atomic E-state index is 0.723. The Morgan fingerprint density at radius 3 is 2.89 bits per heavy atom. The van der Waals surface area contributed by atoms with Crippen LogP contribution in [-0.2, 0) is 13.1 Å². The normalized spacial score (nSPS) is 10.8. The fourth-order valence-corrected chi connectivity index (χ4v) is 2.12. The van der Waals surface area contributed by atoms with Gasteiger partial charge in [0, 0.05) is 18.4 Å². The van der Waals surface area contributed by atoms with Gasteiger partial charge in [-0.3, -0.25) is 4.98 Å². The highest BCUT2D eigenvalue weighted by Crippen LogP contribution is 2.18. The summed E-state index contributed by atoms with van der Waals surface area (Å²) in [5.74, 6) is 0. The van der Waals surface area contributed by atoms with E-state index in [9.17, 15) is 0 Å². The molecule has 19 heavy (non-hydrogen) atoms. The van der Waals surface area contributed by atoms with E-state index in [0.29, 0.717) is 0 Å². The van der Waals surface area contributed by atoms with Crippen molar-refractivity contribution >= 4 is 16.7 Å². The smallest absolute Gasteiger partial charge is 0.0958 e. The van der Waals surface area contributed by atoms with E-state index in [-0.39, 0.29) is 0 Å². The van der Waals surface area contributed by atoms with Crippen LogP contribution < -0.4 is 5.32 Å². The number of anilines is 1. The van der Waals surface area contributed by atoms with Crippen molar-refractivity contribution < 1.29 is 0 Å². The van der Waals surface area contributed by atoms with Crippen LogP contribution in [0.25, 0.3) is 11.0 Å². The number of pyridine rings is 1. The second-order valence-electron chi connectivity index (χ2n) is 4.41. The maximum Gasteiger partial charge on any atom is 0.0958 e. The topological polar surface area (TPSA) is 42.7 Å². The Kier molecular flexibility index (Phi) is 3.14. The zero-order valence-corrected chi connectivity index (χ0v) is 10.9. The van der Waals surface area contributed by atoms with Crippen molar-refractivity contribution in [3.05, 3.63) is 54.6 Å². The Morgan fingerprint density at radius 2 is 2.11 bits per heavy atom. The van der Waals surface area contributed by atoms with E-state index in [1.54, 1.807) is 0 Å². The van der Waals surface area contributed by atoms with Crippen LogP contribution in [-0.4, -0.2) is 14.5 Å². The molecule has 0 aliphatic rings. The van der Waals surface area contributed by atoms with E-state index in [2.05, 4.69) is 45.0 Å². The molecule has 2 heterocycles. The molecular weight excluding hydrogens is 236 g/mol. The molecule has 1 N–H and O–H groups in total. The summed E-state index contributed by atoms with van der Waals surface area (Å²) in [6.45, 7) is 3.78. The molecule has 0 atom stereocenters. The lowest BCUT2D eigenvalue weighted by molar-refractivity contribution is 0.787. The number of nitrogens with one attached hydrogen (secondary N) is 1. The maximum absolute atomic E-state index is 4.41. The highest BCUT2D eigenvalue weighted by molar-refractivity contribution is 5.79. The van der Waals surface area contributed by atoms with Gasteiger partial charge in [0.2, 0.25) is 0 Å². The number of hydrogen-bond donors (Lipinski definition) is 1. The van der Waals surface area contributed by atoms with E-state index in [0.717, 1.165) is 30.0 Å². The lowest BCUT2D eigenvalue weighted by Crippen LogP contribution is -2.01. The predicted molar refractivity (Wildman–Crippen MR) is 77.0 cm³/mol. The van der Waals surface area contributed by atoms with Crippen LogP contribution in [0.1, 0.15) is 12.6 Å². The third kappa shape index (κ3) is 2.42. The average Bonchev–Trinajstić information content (AvgIpc) is 2.88. The first kappa shape index (κ1) is 11.7. The number of imidazole rings is 1. The zero-order chi connectivity index (χ0) is 13.1. The van der Waals surface area contributed by atoms with E-state index in [1.165, 1.54) is 5.52 Å². The molecule has 0 aliphatic heterocycles. The van der Waals surface area contributed by atoms with Crippen molar-refractivity contribution in [2.45, 2.75) is 20.0 Å². The van der Waals surface area contributed by atoms with Crippen molar-refractivity contribution in [3.8, 4) is 0 Å². The molecule has 3 aromatic rings. The predicted octanol–water partition coefficient (Wildman–Crippen LogP) is 3.06. The fraction of sp³-hybridized carbons (Fsp3) is 0.200. The maximum atomic E-state index is 4.41. The van der Waals surface area contributed by atoms with Crippen LogP contribution >= 0.6 is 0 Å². The van der Waals surface area contributed by atoms with E-state index in [4.69, 9.17) is 0 Å². The van der Waals surface area contributed by atoms with Gasteiger partial charge in [-0.25, -0.2) is 4.98 Å². The van der Waals surface area contributed by atoms with Crippen molar-refractivity contribution in [1.29, 1.82) is 0 Å². The molecule has 0 fully saturated rings. The summed E-state index contributed by atoms with van der Waals surface area (Å²) in [5, 5.41) is 3.37. The number of fused-ring (bicyclic) bond motifs is 1. The molecule has 1 aromatic carbocycles. The highest BCUT2D eigenvalue weighted by Gasteiger charge is 2.02. The summed E-state index contributed by atoms with van der Waals surface area (Å²) in [7, 11) is 0. The number of rotatable bonds is 4. The van der Waals surface area contributed by atoms with Gasteiger partial charge >= 0.3 is 0 Å². The van der Waals surface area contributed by atoms with E-state index >= 15 is 0 Å². The Hall–Kier alpha value is -2.36. The van der Waals surface area contributed by atoms with Crippen molar-refractivity contribution in [2.75, 3.05) is 5.32 Å². The second kappa shape index (κ2) is 5.10. The summed E-state index contributed by atoms with van der Waals surface area (Å²) >= 11 is 0. The Labute approximate surface area is 112 Å². The molecule has 0 spiro atoms. The highest BCUT2D eigenvalue weighted by atomic mass is 15.0. The molecular formula is C15H16N4. The monoisotopic (exact) mass is 252 g/mol. The van der Waals surface area contributed by atoms with Crippen molar-refractivity contribution in [1.82, 2.24) is 14.5 Å². The standard InChI is InChI=1S/C15H16N4/c1-2-19-11-18-14-9-12(6-7-15(14)19)17-10-13-5-3-4-8-16-13/h3-9,11,17H,2,10H2,1H3. The van der Waals surface area contributed by atoms with Crippen LogP contribution in [0.15, 0.2) is 48.9 Å². The first-order valence-corrected chi connectivity index (χ1v) is 6.45. The van der Waals surface area contributed by atoms with Gasteiger partial charge in [-0.15, -0.1) is 0 Å². The summed E-state index contributed by atoms with van der Waals surface area (Å²) in [4.78, 5) is 8.70. The lowest BCUT2D eigenvalue weighted by Gasteiger charge is -2.06. The fourth-order valence-electron chi connectivity index (χ4n) is 2.12. The SMILES string of the molecule is CCn1cnc2cc(NCc3ccccn3)ccc21. The molecule has 96 valence electrons. The van der Waals surface area contributed by atoms with E-state index < -0.39 is 0 Å². The Balaban J connectivity index is 1.78. The van der Waals surface area contributed by atoms with Crippen molar-refractivity contribution in [2.24, 2.45) is 0 Å². The zero-order valence-electron chi connectivity index (χ0n) is 10.9. The van der Waals surface area contributed by atoms with Gasteiger partial charge in [0.05, 0.1) is 29.6 Å². The van der Waals surface area contributed by atoms with Gasteiger partial charge in [0.25, 0.3) is 0 Å². The minimum atomic E-state index is 0.723. The quantitative estimate of drug-likeness (QED) is 0.776. The van der Waals surface area contributed by atoms with Crippen molar-refractivity contribution in [3.63, 3.8) is 0 Å². The van der Waals surface area contributed by atoms with Crippen LogP contribution in [0, 0.1) is 0 Å². The number of benzene rings is 1. The molecule has 0 saturated carbocycles. The van der Waals surface area contributed by atoms with Crippen LogP contribution in [0.5, 0.6) is 0 Å². The number of hydrogen-bond acceptors (Lipinski definition) is 3. The molecule has 0 aliphatic carbocycles. The molecule has 0 bridgehead atoms. The molecule has 4 heteroatoms. The molecule has 0 amide bonds. The van der Waals surface area contributed by atoms with Crippen LogP contribution in [0.3, 0.4) is 0 Å². The van der Waals surface area contributed by atoms with Gasteiger partial charge in [-0.1, -0.05) is 6.07 Å². The average molecular weight is 252 g/mol. The van der Waals surface area contributed by atoms with Gasteiger partial charge in [0.1, 0.15) is 0 Å². The van der Waals surface area contributed by atoms with Gasteiger partial charge in [-0.2, -0.15) is 0 Å². The summed E-state index contributed by atoms with van der Waals surface area (Å²) < 4.78 is 2.14. The Bertz CT molecular complexity index is 673. The third-order valence-electron chi connectivity index (χ3n) is 3.16. The molecule has 0 saturated heterocycles. The van der Waals surface area contributed by atoms with Crippen LogP contribution in [0.4, 0.5) is 5.69 Å². The molecule has 4 nitrogen and oxygen atoms in total. The van der Waals surface area contributed by atoms with E-state index in [1.807, 2.05) is 30.7 Å². The Morgan fingerprint density at radius 1 is 1.16 bits per heavy atom. The second-order valence-corrected chi connectivity index (χ2v) is 4.41. The van der Waals surface area contributed by atoms with Crippen LogP contribution in [0.2, 0.25) is 0 Å². The molecule has 3 rings (SSSR count). The largest absolute Gasteiger partial charge is 0.379 e. The first-order valence-electron chi connectivity index (χ1n) is 6.45. The molecule has 0 unspecified atom stereocenters. The number of aryl methyl sites for hydroxylation is 1. The first-order chi connectivity index (χ1) is 9.36. The number of nitrogens with zero attached hydrogens (tertiary/aromatic N) is 3. The summed E-state index contributed by atoms with van der Waals surface area (Å²) in [5.41, 5.74) is 4.29. The molecule has 2 aromatic heterocycles. The summed E-state index contributed by atoms with van der Waals surface area (Å²) in [6.07, 6.45) is 3.69. The summed E-state index contributed by atoms with van der Waals surface area (Å²) in [6, 6.07) is 12.2. The van der Waals surface area contributed by atoms with Gasteiger partial charge in [-0.05, 0) is 37.3 Å². The minimum Gasteiger partial charge on any atom is -0.379 e. The van der Waals surface area contributed by atoms with Gasteiger partial charge in [0.15, 0.2) is 0 Å². The van der Waals surface area contributed by atoms with Gasteiger partial charge < -0.3 is 9.88 Å². The molecule has 0 radical (unpaired) electrons. The third-order valence-corrected chi connectivity index (χ3v) is 3.16.